The monoisotopic (exact) mass is 370 g/mol. The van der Waals surface area contributed by atoms with Crippen LogP contribution in [0.1, 0.15) is 10.4 Å². The Bertz CT molecular complexity index is 700. The standard InChI is InChI=1S/C15H12BrClO4/c1-20-12-6-5-10(14(21-2)13(12)17)9-4-3-8(16)7-11(9)15(18)19/h3-7H,1-2H3,(H,18,19). The lowest BCUT2D eigenvalue weighted by molar-refractivity contribution is 0.0697. The Morgan fingerprint density at radius 2 is 1.81 bits per heavy atom. The number of carboxylic acids is 1. The normalized spacial score (nSPS) is 10.3. The van der Waals surface area contributed by atoms with E-state index in [-0.39, 0.29) is 5.56 Å². The first-order valence-electron chi connectivity index (χ1n) is 5.93. The third-order valence-corrected chi connectivity index (χ3v) is 3.84. The number of rotatable bonds is 4. The van der Waals surface area contributed by atoms with Crippen molar-refractivity contribution in [3.8, 4) is 22.6 Å². The van der Waals surface area contributed by atoms with Crippen molar-refractivity contribution in [2.45, 2.75) is 0 Å². The van der Waals surface area contributed by atoms with Crippen LogP contribution in [0.5, 0.6) is 11.5 Å². The number of carboxylic acid groups (broad SMARTS) is 1. The second-order valence-electron chi connectivity index (χ2n) is 4.16. The van der Waals surface area contributed by atoms with Crippen molar-refractivity contribution in [2.24, 2.45) is 0 Å². The molecular formula is C15H12BrClO4. The molecular weight excluding hydrogens is 360 g/mol. The number of carbonyl (C=O) groups is 1. The van der Waals surface area contributed by atoms with Crippen LogP contribution in [0, 0.1) is 0 Å². The molecule has 2 aromatic carbocycles. The molecule has 0 aliphatic rings. The molecule has 0 heterocycles. The molecule has 0 unspecified atom stereocenters. The van der Waals surface area contributed by atoms with Crippen LogP contribution in [0.4, 0.5) is 0 Å². The lowest BCUT2D eigenvalue weighted by Gasteiger charge is -2.15. The summed E-state index contributed by atoms with van der Waals surface area (Å²) in [5.74, 6) is -0.188. The number of hydrogen-bond acceptors (Lipinski definition) is 3. The fourth-order valence-electron chi connectivity index (χ4n) is 2.04. The smallest absolute Gasteiger partial charge is 0.336 e. The lowest BCUT2D eigenvalue weighted by atomic mass is 9.98. The summed E-state index contributed by atoms with van der Waals surface area (Å²) >= 11 is 9.49. The van der Waals surface area contributed by atoms with Gasteiger partial charge >= 0.3 is 5.97 Å². The van der Waals surface area contributed by atoms with E-state index in [0.717, 1.165) is 0 Å². The maximum Gasteiger partial charge on any atom is 0.336 e. The Hall–Kier alpha value is -1.72. The first-order valence-corrected chi connectivity index (χ1v) is 7.10. The first-order chi connectivity index (χ1) is 9.99. The molecule has 0 aliphatic carbocycles. The van der Waals surface area contributed by atoms with Crippen LogP contribution >= 0.6 is 27.5 Å². The third kappa shape index (κ3) is 2.99. The maximum absolute atomic E-state index is 11.4. The van der Waals surface area contributed by atoms with Crippen LogP contribution < -0.4 is 9.47 Å². The topological polar surface area (TPSA) is 55.8 Å². The van der Waals surface area contributed by atoms with E-state index in [1.807, 2.05) is 0 Å². The van der Waals surface area contributed by atoms with Gasteiger partial charge in [-0.1, -0.05) is 33.6 Å². The summed E-state index contributed by atoms with van der Waals surface area (Å²) in [7, 11) is 2.98. The highest BCUT2D eigenvalue weighted by Crippen LogP contribution is 2.43. The van der Waals surface area contributed by atoms with E-state index in [1.165, 1.54) is 20.3 Å². The number of hydrogen-bond donors (Lipinski definition) is 1. The summed E-state index contributed by atoms with van der Waals surface area (Å²) in [4.78, 5) is 11.4. The van der Waals surface area contributed by atoms with Gasteiger partial charge in [0.2, 0.25) is 0 Å². The van der Waals surface area contributed by atoms with Crippen molar-refractivity contribution in [1.29, 1.82) is 0 Å². The van der Waals surface area contributed by atoms with Gasteiger partial charge in [-0.15, -0.1) is 0 Å². The molecule has 0 saturated carbocycles. The molecule has 0 spiro atoms. The minimum atomic E-state index is -1.03. The van der Waals surface area contributed by atoms with Gasteiger partial charge < -0.3 is 14.6 Å². The maximum atomic E-state index is 11.4. The fraction of sp³-hybridized carbons (Fsp3) is 0.133. The van der Waals surface area contributed by atoms with Gasteiger partial charge in [-0.05, 0) is 24.3 Å². The SMILES string of the molecule is COc1ccc(-c2ccc(Br)cc2C(=O)O)c(OC)c1Cl. The number of methoxy groups -OCH3 is 2. The zero-order valence-corrected chi connectivity index (χ0v) is 13.7. The van der Waals surface area contributed by atoms with Gasteiger partial charge in [0.05, 0.1) is 19.8 Å². The lowest BCUT2D eigenvalue weighted by Crippen LogP contribution is -2.01. The van der Waals surface area contributed by atoms with E-state index < -0.39 is 5.97 Å². The average molecular weight is 372 g/mol. The molecule has 0 aromatic heterocycles. The molecule has 0 bridgehead atoms. The number of aromatic carboxylic acids is 1. The van der Waals surface area contributed by atoms with Crippen molar-refractivity contribution in [3.63, 3.8) is 0 Å². The summed E-state index contributed by atoms with van der Waals surface area (Å²) in [6, 6.07) is 8.40. The average Bonchev–Trinajstić information content (AvgIpc) is 2.46. The van der Waals surface area contributed by atoms with Gasteiger partial charge in [0.15, 0.2) is 0 Å². The van der Waals surface area contributed by atoms with Crippen LogP contribution in [-0.4, -0.2) is 25.3 Å². The van der Waals surface area contributed by atoms with Crippen LogP contribution in [-0.2, 0) is 0 Å². The summed E-state index contributed by atoms with van der Waals surface area (Å²) in [6.45, 7) is 0. The van der Waals surface area contributed by atoms with Crippen LogP contribution in [0.15, 0.2) is 34.8 Å². The van der Waals surface area contributed by atoms with Crippen LogP contribution in [0.3, 0.4) is 0 Å². The first kappa shape index (κ1) is 15.7. The Kier molecular flexibility index (Phi) is 4.75. The van der Waals surface area contributed by atoms with Crippen LogP contribution in [0.2, 0.25) is 5.02 Å². The van der Waals surface area contributed by atoms with E-state index >= 15 is 0 Å². The zero-order valence-electron chi connectivity index (χ0n) is 11.3. The molecule has 1 N–H and O–H groups in total. The van der Waals surface area contributed by atoms with Crippen molar-refractivity contribution in [2.75, 3.05) is 14.2 Å². The molecule has 21 heavy (non-hydrogen) atoms. The predicted molar refractivity (Wildman–Crippen MR) is 84.7 cm³/mol. The Morgan fingerprint density at radius 1 is 1.14 bits per heavy atom. The molecule has 2 aromatic rings. The van der Waals surface area contributed by atoms with Crippen LogP contribution in [0.25, 0.3) is 11.1 Å². The Labute approximate surface area is 135 Å². The largest absolute Gasteiger partial charge is 0.495 e. The fourth-order valence-corrected chi connectivity index (χ4v) is 2.72. The van der Waals surface area contributed by atoms with Crippen molar-refractivity contribution >= 4 is 33.5 Å². The highest BCUT2D eigenvalue weighted by molar-refractivity contribution is 9.10. The van der Waals surface area contributed by atoms with Gasteiger partial charge in [-0.3, -0.25) is 0 Å². The molecule has 0 amide bonds. The van der Waals surface area contributed by atoms with E-state index in [9.17, 15) is 9.90 Å². The molecule has 0 radical (unpaired) electrons. The summed E-state index contributed by atoms with van der Waals surface area (Å²) < 4.78 is 11.1. The quantitative estimate of drug-likeness (QED) is 0.860. The highest BCUT2D eigenvalue weighted by atomic mass is 79.9. The third-order valence-electron chi connectivity index (χ3n) is 2.99. The summed E-state index contributed by atoms with van der Waals surface area (Å²) in [5.41, 5.74) is 1.27. The summed E-state index contributed by atoms with van der Waals surface area (Å²) in [6.07, 6.45) is 0. The zero-order chi connectivity index (χ0) is 15.6. The van der Waals surface area contributed by atoms with Gasteiger partial charge in [0, 0.05) is 15.6 Å². The molecule has 0 saturated heterocycles. The number of ether oxygens (including phenoxy) is 2. The van der Waals surface area contributed by atoms with Crippen molar-refractivity contribution < 1.29 is 19.4 Å². The summed E-state index contributed by atoms with van der Waals surface area (Å²) in [5, 5.41) is 9.67. The minimum Gasteiger partial charge on any atom is -0.495 e. The molecule has 4 nitrogen and oxygen atoms in total. The molecule has 0 atom stereocenters. The van der Waals surface area contributed by atoms with E-state index in [0.29, 0.717) is 32.1 Å². The molecule has 6 heteroatoms. The minimum absolute atomic E-state index is 0.156. The van der Waals surface area contributed by atoms with Gasteiger partial charge in [-0.2, -0.15) is 0 Å². The molecule has 0 fully saturated rings. The van der Waals surface area contributed by atoms with E-state index in [1.54, 1.807) is 24.3 Å². The molecule has 0 aliphatic heterocycles. The second kappa shape index (κ2) is 6.37. The van der Waals surface area contributed by atoms with E-state index in [4.69, 9.17) is 21.1 Å². The van der Waals surface area contributed by atoms with Crippen molar-refractivity contribution in [1.82, 2.24) is 0 Å². The van der Waals surface area contributed by atoms with Gasteiger partial charge in [0.25, 0.3) is 0 Å². The number of benzene rings is 2. The van der Waals surface area contributed by atoms with Crippen molar-refractivity contribution in [3.05, 3.63) is 45.4 Å². The van der Waals surface area contributed by atoms with E-state index in [2.05, 4.69) is 15.9 Å². The van der Waals surface area contributed by atoms with Gasteiger partial charge in [0.1, 0.15) is 16.5 Å². The molecule has 2 rings (SSSR count). The second-order valence-corrected chi connectivity index (χ2v) is 5.45. The molecule has 110 valence electrons. The Balaban J connectivity index is 2.73. The number of halogens is 2. The highest BCUT2D eigenvalue weighted by Gasteiger charge is 2.19. The Morgan fingerprint density at radius 3 is 2.38 bits per heavy atom. The van der Waals surface area contributed by atoms with Gasteiger partial charge in [-0.25, -0.2) is 4.79 Å². The predicted octanol–water partition coefficient (Wildman–Crippen LogP) is 4.48.